The summed E-state index contributed by atoms with van der Waals surface area (Å²) in [7, 11) is 1.50. The van der Waals surface area contributed by atoms with Gasteiger partial charge in [0.25, 0.3) is 0 Å². The molecule has 2 fully saturated rings. The van der Waals surface area contributed by atoms with Crippen molar-refractivity contribution in [3.63, 3.8) is 0 Å². The summed E-state index contributed by atoms with van der Waals surface area (Å²) in [5.41, 5.74) is 1.79. The monoisotopic (exact) mass is 450 g/mol. The number of methoxy groups -OCH3 is 1. The average Bonchev–Trinajstić information content (AvgIpc) is 3.29. The molecule has 4 rings (SSSR count). The largest absolute Gasteiger partial charge is 0.490 e. The topological polar surface area (TPSA) is 35.5 Å². The van der Waals surface area contributed by atoms with Crippen LogP contribution in [0.5, 0.6) is 5.75 Å². The van der Waals surface area contributed by atoms with E-state index in [1.54, 1.807) is 0 Å². The first-order valence-electron chi connectivity index (χ1n) is 13.0. The lowest BCUT2D eigenvalue weighted by Gasteiger charge is -2.37. The molecule has 33 heavy (non-hydrogen) atoms. The Balaban J connectivity index is 1.34. The lowest BCUT2D eigenvalue weighted by Crippen LogP contribution is -2.30. The van der Waals surface area contributed by atoms with Crippen LogP contribution >= 0.6 is 0 Å². The van der Waals surface area contributed by atoms with Gasteiger partial charge >= 0.3 is 5.97 Å². The maximum Gasteiger partial charge on any atom is 0.308 e. The molecule has 2 aliphatic rings. The fourth-order valence-corrected chi connectivity index (χ4v) is 6.17. The Bertz CT molecular complexity index is 949. The van der Waals surface area contributed by atoms with Crippen molar-refractivity contribution in [1.82, 2.24) is 0 Å². The quantitative estimate of drug-likeness (QED) is 0.425. The van der Waals surface area contributed by atoms with Gasteiger partial charge in [0.1, 0.15) is 5.75 Å². The van der Waals surface area contributed by atoms with Crippen molar-refractivity contribution in [2.24, 2.45) is 29.1 Å². The van der Waals surface area contributed by atoms with Gasteiger partial charge in [-0.1, -0.05) is 52.0 Å². The third kappa shape index (κ3) is 5.91. The van der Waals surface area contributed by atoms with Crippen LogP contribution in [0.3, 0.4) is 0 Å². The highest BCUT2D eigenvalue weighted by Gasteiger charge is 2.33. The molecule has 2 saturated carbocycles. The first-order chi connectivity index (χ1) is 15.7. The first-order valence-corrected chi connectivity index (χ1v) is 13.0. The highest BCUT2D eigenvalue weighted by Crippen LogP contribution is 2.40. The van der Waals surface area contributed by atoms with E-state index >= 15 is 0 Å². The van der Waals surface area contributed by atoms with Crippen LogP contribution in [0.25, 0.3) is 10.8 Å². The Morgan fingerprint density at radius 2 is 1.67 bits per heavy atom. The fourth-order valence-electron chi connectivity index (χ4n) is 6.17. The summed E-state index contributed by atoms with van der Waals surface area (Å²) in [5, 5.41) is 2.53. The number of esters is 1. The van der Waals surface area contributed by atoms with Gasteiger partial charge in [0.05, 0.1) is 19.1 Å². The Kier molecular flexibility index (Phi) is 7.36. The third-order valence-corrected chi connectivity index (χ3v) is 8.45. The summed E-state index contributed by atoms with van der Waals surface area (Å²) >= 11 is 0. The lowest BCUT2D eigenvalue weighted by molar-refractivity contribution is -0.145. The van der Waals surface area contributed by atoms with Crippen molar-refractivity contribution < 1.29 is 14.3 Å². The van der Waals surface area contributed by atoms with Gasteiger partial charge in [-0.05, 0) is 103 Å². The minimum Gasteiger partial charge on any atom is -0.490 e. The fraction of sp³-hybridized carbons (Fsp3) is 0.633. The van der Waals surface area contributed by atoms with Crippen LogP contribution in [-0.2, 0) is 16.0 Å². The standard InChI is InChI=1S/C30H42O3/c1-20(22-8-9-25(18-22)29(31)32-5)16-21-6-7-24-19-28(13-10-23(24)17-21)33-27-14-11-26(12-15-27)30(2,3)4/h6-7,10,13,17,19-20,22,25-27H,8-9,11-12,14-16,18H2,1-5H3. The van der Waals surface area contributed by atoms with E-state index in [-0.39, 0.29) is 11.9 Å². The van der Waals surface area contributed by atoms with E-state index in [4.69, 9.17) is 9.47 Å². The molecule has 2 aliphatic carbocycles. The van der Waals surface area contributed by atoms with Crippen molar-refractivity contribution in [3.8, 4) is 5.75 Å². The minimum absolute atomic E-state index is 0.0318. The number of hydrogen-bond donors (Lipinski definition) is 0. The summed E-state index contributed by atoms with van der Waals surface area (Å²) in [6.07, 6.45) is 9.34. The van der Waals surface area contributed by atoms with Crippen LogP contribution < -0.4 is 4.74 Å². The van der Waals surface area contributed by atoms with Crippen molar-refractivity contribution >= 4 is 16.7 Å². The molecule has 2 aromatic rings. The zero-order valence-electron chi connectivity index (χ0n) is 21.2. The zero-order chi connectivity index (χ0) is 23.6. The average molecular weight is 451 g/mol. The van der Waals surface area contributed by atoms with E-state index in [1.807, 2.05) is 0 Å². The summed E-state index contributed by atoms with van der Waals surface area (Å²) in [5.74, 6) is 3.06. The molecule has 0 bridgehead atoms. The Hall–Kier alpha value is -2.03. The Morgan fingerprint density at radius 1 is 0.970 bits per heavy atom. The second-order valence-corrected chi connectivity index (χ2v) is 11.8. The molecule has 3 heteroatoms. The normalized spacial score (nSPS) is 26.8. The van der Waals surface area contributed by atoms with Crippen LogP contribution in [-0.4, -0.2) is 19.2 Å². The Labute approximate surface area is 200 Å². The van der Waals surface area contributed by atoms with Gasteiger partial charge in [0.15, 0.2) is 0 Å². The highest BCUT2D eigenvalue weighted by atomic mass is 16.5. The molecule has 0 saturated heterocycles. The summed E-state index contributed by atoms with van der Waals surface area (Å²) in [6.45, 7) is 9.43. The second-order valence-electron chi connectivity index (χ2n) is 11.8. The molecule has 3 nitrogen and oxygen atoms in total. The number of ether oxygens (including phenoxy) is 2. The lowest BCUT2D eigenvalue weighted by atomic mass is 9.72. The minimum atomic E-state index is -0.0318. The molecular weight excluding hydrogens is 408 g/mol. The number of rotatable bonds is 6. The van der Waals surface area contributed by atoms with Crippen molar-refractivity contribution in [2.75, 3.05) is 7.11 Å². The summed E-state index contributed by atoms with van der Waals surface area (Å²) in [6, 6.07) is 13.4. The van der Waals surface area contributed by atoms with E-state index in [0.717, 1.165) is 50.2 Å². The van der Waals surface area contributed by atoms with Crippen molar-refractivity contribution in [1.29, 1.82) is 0 Å². The summed E-state index contributed by atoms with van der Waals surface area (Å²) < 4.78 is 11.3. The van der Waals surface area contributed by atoms with Crippen LogP contribution in [0.4, 0.5) is 0 Å². The number of fused-ring (bicyclic) bond motifs is 1. The van der Waals surface area contributed by atoms with Gasteiger partial charge in [-0.3, -0.25) is 4.79 Å². The molecule has 3 atom stereocenters. The van der Waals surface area contributed by atoms with Gasteiger partial charge in [-0.2, -0.15) is 0 Å². The molecule has 0 aliphatic heterocycles. The maximum absolute atomic E-state index is 11.9. The Morgan fingerprint density at radius 3 is 2.36 bits per heavy atom. The van der Waals surface area contributed by atoms with E-state index in [0.29, 0.717) is 23.4 Å². The predicted molar refractivity (Wildman–Crippen MR) is 135 cm³/mol. The van der Waals surface area contributed by atoms with Gasteiger partial charge < -0.3 is 9.47 Å². The summed E-state index contributed by atoms with van der Waals surface area (Å²) in [4.78, 5) is 11.9. The molecule has 3 unspecified atom stereocenters. The molecule has 180 valence electrons. The number of hydrogen-bond acceptors (Lipinski definition) is 3. The predicted octanol–water partition coefficient (Wildman–Crippen LogP) is 7.59. The van der Waals surface area contributed by atoms with Crippen LogP contribution in [0, 0.1) is 29.1 Å². The van der Waals surface area contributed by atoms with E-state index in [2.05, 4.69) is 64.1 Å². The van der Waals surface area contributed by atoms with Gasteiger partial charge in [0, 0.05) is 0 Å². The molecule has 0 amide bonds. The van der Waals surface area contributed by atoms with Crippen LogP contribution in [0.1, 0.15) is 78.2 Å². The molecule has 0 radical (unpaired) electrons. The zero-order valence-corrected chi connectivity index (χ0v) is 21.2. The van der Waals surface area contributed by atoms with Crippen LogP contribution in [0.15, 0.2) is 36.4 Å². The smallest absolute Gasteiger partial charge is 0.308 e. The van der Waals surface area contributed by atoms with E-state index in [9.17, 15) is 4.79 Å². The first kappa shape index (κ1) is 24.1. The maximum atomic E-state index is 11.9. The molecule has 0 spiro atoms. The van der Waals surface area contributed by atoms with Gasteiger partial charge in [-0.25, -0.2) is 0 Å². The number of carbonyl (C=O) groups is 1. The van der Waals surface area contributed by atoms with E-state index in [1.165, 1.54) is 36.3 Å². The molecule has 0 N–H and O–H groups in total. The molecule has 0 aromatic heterocycles. The SMILES string of the molecule is COC(=O)C1CCC(C(C)Cc2ccc3cc(OC4CCC(C(C)(C)C)CC4)ccc3c2)C1. The number of carbonyl (C=O) groups excluding carboxylic acids is 1. The second kappa shape index (κ2) is 10.1. The molecule has 0 heterocycles. The van der Waals surface area contributed by atoms with Gasteiger partial charge in [0.2, 0.25) is 0 Å². The van der Waals surface area contributed by atoms with E-state index < -0.39 is 0 Å². The van der Waals surface area contributed by atoms with Gasteiger partial charge in [-0.15, -0.1) is 0 Å². The third-order valence-electron chi connectivity index (χ3n) is 8.45. The van der Waals surface area contributed by atoms with Crippen molar-refractivity contribution in [3.05, 3.63) is 42.0 Å². The highest BCUT2D eigenvalue weighted by molar-refractivity contribution is 5.84. The number of benzene rings is 2. The van der Waals surface area contributed by atoms with Crippen molar-refractivity contribution in [2.45, 2.75) is 85.2 Å². The molecule has 2 aromatic carbocycles. The van der Waals surface area contributed by atoms with Crippen LogP contribution in [0.2, 0.25) is 0 Å². The molecular formula is C30H42O3.